The molecule has 2 aliphatic rings. The molecule has 32 heavy (non-hydrogen) atoms. The van der Waals surface area contributed by atoms with Crippen molar-refractivity contribution in [3.8, 4) is 0 Å². The molecule has 0 radical (unpaired) electrons. The lowest BCUT2D eigenvalue weighted by atomic mass is 10.0. The Bertz CT molecular complexity index is 1130. The molecule has 3 aromatic rings. The number of fused-ring (bicyclic) bond motifs is 2. The molecule has 0 bridgehead atoms. The second-order valence-electron chi connectivity index (χ2n) is 8.72. The summed E-state index contributed by atoms with van der Waals surface area (Å²) in [5, 5.41) is 8.43. The SMILES string of the molecule is Cc1c(C(=O)N2Cc3ccnn3C(CC(=O)NCC3CCOCC3)C2)oc2ccccc12. The number of nitrogens with zero attached hydrogens (tertiary/aromatic N) is 3. The highest BCUT2D eigenvalue weighted by molar-refractivity contribution is 5.99. The Morgan fingerprint density at radius 2 is 2.00 bits per heavy atom. The maximum atomic E-state index is 13.4. The third-order valence-electron chi connectivity index (χ3n) is 6.56. The summed E-state index contributed by atoms with van der Waals surface area (Å²) in [4.78, 5) is 27.8. The number of rotatable bonds is 5. The van der Waals surface area contributed by atoms with Gasteiger partial charge in [0.15, 0.2) is 5.76 Å². The van der Waals surface area contributed by atoms with Crippen LogP contribution in [-0.2, 0) is 16.1 Å². The first-order valence-electron chi connectivity index (χ1n) is 11.2. The van der Waals surface area contributed by atoms with Crippen LogP contribution < -0.4 is 5.32 Å². The molecule has 1 N–H and O–H groups in total. The van der Waals surface area contributed by atoms with Crippen molar-refractivity contribution in [2.75, 3.05) is 26.3 Å². The molecule has 0 saturated carbocycles. The Labute approximate surface area is 186 Å². The van der Waals surface area contributed by atoms with Crippen LogP contribution in [0.4, 0.5) is 0 Å². The predicted octanol–water partition coefficient (Wildman–Crippen LogP) is 3.07. The fraction of sp³-hybridized carbons (Fsp3) is 0.458. The Hall–Kier alpha value is -3.13. The van der Waals surface area contributed by atoms with Gasteiger partial charge >= 0.3 is 0 Å². The summed E-state index contributed by atoms with van der Waals surface area (Å²) < 4.78 is 13.2. The van der Waals surface area contributed by atoms with Gasteiger partial charge in [-0.1, -0.05) is 18.2 Å². The maximum Gasteiger partial charge on any atom is 0.290 e. The fourth-order valence-electron chi connectivity index (χ4n) is 4.71. The maximum absolute atomic E-state index is 13.4. The lowest BCUT2D eigenvalue weighted by Gasteiger charge is -2.33. The number of amides is 2. The molecular formula is C24H28N4O4. The van der Waals surface area contributed by atoms with Gasteiger partial charge in [0.25, 0.3) is 5.91 Å². The molecule has 2 amide bonds. The van der Waals surface area contributed by atoms with Gasteiger partial charge in [-0.25, -0.2) is 0 Å². The van der Waals surface area contributed by atoms with Crippen molar-refractivity contribution in [1.82, 2.24) is 20.0 Å². The number of benzene rings is 1. The summed E-state index contributed by atoms with van der Waals surface area (Å²) in [5.41, 5.74) is 2.47. The summed E-state index contributed by atoms with van der Waals surface area (Å²) in [7, 11) is 0. The molecular weight excluding hydrogens is 408 g/mol. The number of carbonyl (C=O) groups excluding carboxylic acids is 2. The van der Waals surface area contributed by atoms with E-state index in [4.69, 9.17) is 9.15 Å². The molecule has 5 rings (SSSR count). The number of carbonyl (C=O) groups is 2. The van der Waals surface area contributed by atoms with Gasteiger partial charge < -0.3 is 19.4 Å². The van der Waals surface area contributed by atoms with Crippen LogP contribution in [0.1, 0.15) is 47.1 Å². The Morgan fingerprint density at radius 3 is 2.81 bits per heavy atom. The molecule has 8 heteroatoms. The standard InChI is InChI=1S/C24H28N4O4/c1-16-20-4-2-3-5-21(20)32-23(16)24(30)27-14-18-6-9-26-28(18)19(15-27)12-22(29)25-13-17-7-10-31-11-8-17/h2-6,9,17,19H,7-8,10-15H2,1H3,(H,25,29). The second kappa shape index (κ2) is 8.78. The van der Waals surface area contributed by atoms with Gasteiger partial charge in [-0.05, 0) is 37.8 Å². The number of hydrogen-bond acceptors (Lipinski definition) is 5. The molecule has 0 spiro atoms. The van der Waals surface area contributed by atoms with Crippen LogP contribution in [0.15, 0.2) is 40.9 Å². The lowest BCUT2D eigenvalue weighted by molar-refractivity contribution is -0.122. The van der Waals surface area contributed by atoms with E-state index >= 15 is 0 Å². The first kappa shape index (κ1) is 20.8. The first-order chi connectivity index (χ1) is 15.6. The fourth-order valence-corrected chi connectivity index (χ4v) is 4.71. The van der Waals surface area contributed by atoms with Gasteiger partial charge in [0.05, 0.1) is 24.7 Å². The number of nitrogens with one attached hydrogen (secondary N) is 1. The number of aromatic nitrogens is 2. The van der Waals surface area contributed by atoms with Crippen molar-refractivity contribution < 1.29 is 18.7 Å². The largest absolute Gasteiger partial charge is 0.451 e. The van der Waals surface area contributed by atoms with Gasteiger partial charge in [-0.2, -0.15) is 5.10 Å². The smallest absolute Gasteiger partial charge is 0.290 e. The van der Waals surface area contributed by atoms with E-state index in [9.17, 15) is 9.59 Å². The van der Waals surface area contributed by atoms with Crippen molar-refractivity contribution in [3.63, 3.8) is 0 Å². The van der Waals surface area contributed by atoms with Gasteiger partial charge in [-0.3, -0.25) is 14.3 Å². The van der Waals surface area contributed by atoms with E-state index in [0.29, 0.717) is 36.9 Å². The van der Waals surface area contributed by atoms with Crippen LogP contribution in [0.3, 0.4) is 0 Å². The molecule has 2 aromatic heterocycles. The zero-order valence-electron chi connectivity index (χ0n) is 18.3. The van der Waals surface area contributed by atoms with Crippen molar-refractivity contribution in [2.24, 2.45) is 5.92 Å². The quantitative estimate of drug-likeness (QED) is 0.664. The van der Waals surface area contributed by atoms with Gasteiger partial charge in [0, 0.05) is 43.4 Å². The minimum absolute atomic E-state index is 0.0165. The highest BCUT2D eigenvalue weighted by Crippen LogP contribution is 2.29. The molecule has 2 aliphatic heterocycles. The van der Waals surface area contributed by atoms with Gasteiger partial charge in [0.2, 0.25) is 5.91 Å². The molecule has 1 unspecified atom stereocenters. The van der Waals surface area contributed by atoms with Crippen molar-refractivity contribution in [1.29, 1.82) is 0 Å². The molecule has 1 atom stereocenters. The molecule has 1 fully saturated rings. The van der Waals surface area contributed by atoms with E-state index in [1.165, 1.54) is 0 Å². The van der Waals surface area contributed by atoms with E-state index in [0.717, 1.165) is 42.7 Å². The number of ether oxygens (including phenoxy) is 1. The summed E-state index contributed by atoms with van der Waals surface area (Å²) in [6.07, 6.45) is 3.96. The monoisotopic (exact) mass is 436 g/mol. The van der Waals surface area contributed by atoms with E-state index in [1.807, 2.05) is 41.9 Å². The Balaban J connectivity index is 1.29. The average molecular weight is 437 g/mol. The van der Waals surface area contributed by atoms with Crippen LogP contribution in [-0.4, -0.2) is 52.8 Å². The van der Waals surface area contributed by atoms with E-state index in [1.54, 1.807) is 11.1 Å². The average Bonchev–Trinajstić information content (AvgIpc) is 3.43. The van der Waals surface area contributed by atoms with Crippen LogP contribution in [0.25, 0.3) is 11.0 Å². The minimum atomic E-state index is -0.211. The number of furan rings is 1. The first-order valence-corrected chi connectivity index (χ1v) is 11.2. The van der Waals surface area contributed by atoms with E-state index in [-0.39, 0.29) is 24.3 Å². The zero-order valence-corrected chi connectivity index (χ0v) is 18.3. The molecule has 4 heterocycles. The summed E-state index contributed by atoms with van der Waals surface area (Å²) >= 11 is 0. The minimum Gasteiger partial charge on any atom is -0.451 e. The van der Waals surface area contributed by atoms with Crippen molar-refractivity contribution in [3.05, 3.63) is 53.5 Å². The van der Waals surface area contributed by atoms with E-state index in [2.05, 4.69) is 10.4 Å². The van der Waals surface area contributed by atoms with Gasteiger partial charge in [0.1, 0.15) is 5.58 Å². The highest BCUT2D eigenvalue weighted by Gasteiger charge is 2.32. The van der Waals surface area contributed by atoms with E-state index < -0.39 is 0 Å². The number of hydrogen-bond donors (Lipinski definition) is 1. The molecule has 1 aromatic carbocycles. The normalized spacial score (nSPS) is 19.2. The summed E-state index contributed by atoms with van der Waals surface area (Å²) in [6, 6.07) is 9.36. The topological polar surface area (TPSA) is 89.6 Å². The summed E-state index contributed by atoms with van der Waals surface area (Å²) in [5.74, 6) is 0.659. The van der Waals surface area contributed by atoms with Crippen LogP contribution in [0, 0.1) is 12.8 Å². The van der Waals surface area contributed by atoms with Crippen molar-refractivity contribution >= 4 is 22.8 Å². The number of para-hydroxylation sites is 1. The Morgan fingerprint density at radius 1 is 1.19 bits per heavy atom. The third kappa shape index (κ3) is 4.02. The zero-order chi connectivity index (χ0) is 22.1. The van der Waals surface area contributed by atoms with Crippen molar-refractivity contribution in [2.45, 2.75) is 38.8 Å². The second-order valence-corrected chi connectivity index (χ2v) is 8.72. The van der Waals surface area contributed by atoms with Crippen LogP contribution in [0.2, 0.25) is 0 Å². The number of aryl methyl sites for hydroxylation is 1. The predicted molar refractivity (Wildman–Crippen MR) is 118 cm³/mol. The molecule has 1 saturated heterocycles. The Kier molecular flexibility index (Phi) is 5.70. The lowest BCUT2D eigenvalue weighted by Crippen LogP contribution is -2.43. The summed E-state index contributed by atoms with van der Waals surface area (Å²) in [6.45, 7) is 4.95. The third-order valence-corrected chi connectivity index (χ3v) is 6.56. The molecule has 8 nitrogen and oxygen atoms in total. The molecule has 0 aliphatic carbocycles. The molecule has 168 valence electrons. The van der Waals surface area contributed by atoms with Crippen LogP contribution >= 0.6 is 0 Å². The highest BCUT2D eigenvalue weighted by atomic mass is 16.5. The van der Waals surface area contributed by atoms with Crippen LogP contribution in [0.5, 0.6) is 0 Å². The van der Waals surface area contributed by atoms with Gasteiger partial charge in [-0.15, -0.1) is 0 Å².